The quantitative estimate of drug-likeness (QED) is 0.253. The summed E-state index contributed by atoms with van der Waals surface area (Å²) in [7, 11) is 0. The Balaban J connectivity index is 1.39. The lowest BCUT2D eigenvalue weighted by atomic mass is 9.93. The van der Waals surface area contributed by atoms with Crippen molar-refractivity contribution in [3.8, 4) is 11.1 Å². The number of hydrogen-bond donors (Lipinski definition) is 4. The van der Waals surface area contributed by atoms with Crippen LogP contribution in [0.25, 0.3) is 11.1 Å². The van der Waals surface area contributed by atoms with Crippen molar-refractivity contribution in [1.29, 1.82) is 5.41 Å². The molecule has 2 unspecified atom stereocenters. The Hall–Kier alpha value is -2.77. The zero-order valence-corrected chi connectivity index (χ0v) is 22.9. The Morgan fingerprint density at radius 3 is 2.55 bits per heavy atom. The number of halogens is 1. The smallest absolute Gasteiger partial charge is 0.132 e. The van der Waals surface area contributed by atoms with Crippen molar-refractivity contribution < 1.29 is 10.2 Å². The molecule has 5 rings (SSSR count). The number of nitrogens with two attached hydrogens (primary N) is 1. The van der Waals surface area contributed by atoms with Gasteiger partial charge in [0.1, 0.15) is 5.82 Å². The number of hydrogen-bond acceptors (Lipinski definition) is 6. The largest absolute Gasteiger partial charge is 0.395 e. The molecule has 1 saturated heterocycles. The molecule has 2 aromatic carbocycles. The van der Waals surface area contributed by atoms with Crippen molar-refractivity contribution in [2.24, 2.45) is 0 Å². The lowest BCUT2D eigenvalue weighted by molar-refractivity contribution is 0.0787. The standard InChI is InChI=1S/C31H37ClN4O2/c1-31(2,38)27-12-9-22(16-28(27)32)29(33)26-15-23(17-35-30(26)34)21-6-5-19-7-10-24(11-8-20(19)14-21)36-13-3-4-25(36)18-37/h5-6,9,12,14-17,24-25,33,37-38H,3-4,7-8,10-11,13,18H2,1-2H3,(H2,34,35). The highest BCUT2D eigenvalue weighted by Gasteiger charge is 2.31. The molecular formula is C31H37ClN4O2. The molecule has 2 atom stereocenters. The van der Waals surface area contributed by atoms with Crippen LogP contribution in [0.3, 0.4) is 0 Å². The first-order valence-electron chi connectivity index (χ1n) is 13.5. The topological polar surface area (TPSA) is 106 Å². The highest BCUT2D eigenvalue weighted by atomic mass is 35.5. The second-order valence-corrected chi connectivity index (χ2v) is 11.6. The van der Waals surface area contributed by atoms with Crippen molar-refractivity contribution in [2.75, 3.05) is 18.9 Å². The number of nitrogens with zero attached hydrogens (tertiary/aromatic N) is 2. The molecule has 38 heavy (non-hydrogen) atoms. The van der Waals surface area contributed by atoms with Gasteiger partial charge in [0.05, 0.1) is 17.9 Å². The van der Waals surface area contributed by atoms with E-state index in [0.717, 1.165) is 49.8 Å². The Kier molecular flexibility index (Phi) is 7.60. The van der Waals surface area contributed by atoms with E-state index >= 15 is 0 Å². The summed E-state index contributed by atoms with van der Waals surface area (Å²) < 4.78 is 0. The van der Waals surface area contributed by atoms with E-state index in [4.69, 9.17) is 22.7 Å². The van der Waals surface area contributed by atoms with Gasteiger partial charge >= 0.3 is 0 Å². The minimum absolute atomic E-state index is 0.239. The number of aliphatic hydroxyl groups is 2. The molecule has 0 saturated carbocycles. The molecule has 200 valence electrons. The summed E-state index contributed by atoms with van der Waals surface area (Å²) in [5.41, 5.74) is 11.9. The van der Waals surface area contributed by atoms with E-state index in [9.17, 15) is 10.2 Å². The molecule has 1 aliphatic heterocycles. The number of aryl methyl sites for hydroxylation is 2. The molecule has 2 heterocycles. The van der Waals surface area contributed by atoms with E-state index in [2.05, 4.69) is 28.1 Å². The zero-order valence-electron chi connectivity index (χ0n) is 22.2. The minimum Gasteiger partial charge on any atom is -0.395 e. The average molecular weight is 533 g/mol. The summed E-state index contributed by atoms with van der Waals surface area (Å²) in [5.74, 6) is 0.295. The van der Waals surface area contributed by atoms with Gasteiger partial charge in [0.2, 0.25) is 0 Å². The van der Waals surface area contributed by atoms with Crippen LogP contribution in [-0.4, -0.2) is 51.0 Å². The molecule has 0 spiro atoms. The third-order valence-corrected chi connectivity index (χ3v) is 8.55. The van der Waals surface area contributed by atoms with Gasteiger partial charge in [0.25, 0.3) is 0 Å². The van der Waals surface area contributed by atoms with Gasteiger partial charge in [0.15, 0.2) is 0 Å². The first kappa shape index (κ1) is 26.8. The maximum atomic E-state index is 10.3. The van der Waals surface area contributed by atoms with Crippen LogP contribution in [0.5, 0.6) is 0 Å². The Labute approximate surface area is 230 Å². The Morgan fingerprint density at radius 2 is 1.84 bits per heavy atom. The van der Waals surface area contributed by atoms with Gasteiger partial charge in [-0.05, 0) is 87.7 Å². The summed E-state index contributed by atoms with van der Waals surface area (Å²) in [6.45, 7) is 4.72. The van der Waals surface area contributed by atoms with Crippen LogP contribution >= 0.6 is 11.6 Å². The van der Waals surface area contributed by atoms with E-state index in [1.165, 1.54) is 17.5 Å². The average Bonchev–Trinajstić information content (AvgIpc) is 3.27. The summed E-state index contributed by atoms with van der Waals surface area (Å²) in [5, 5.41) is 29.4. The van der Waals surface area contributed by atoms with Crippen LogP contribution in [-0.2, 0) is 18.4 Å². The summed E-state index contributed by atoms with van der Waals surface area (Å²) >= 11 is 6.44. The predicted molar refractivity (Wildman–Crippen MR) is 154 cm³/mol. The summed E-state index contributed by atoms with van der Waals surface area (Å²) in [6, 6.07) is 14.6. The number of rotatable bonds is 6. The number of aromatic nitrogens is 1. The molecule has 0 amide bonds. The number of anilines is 1. The van der Waals surface area contributed by atoms with Crippen molar-refractivity contribution in [1.82, 2.24) is 9.88 Å². The van der Waals surface area contributed by atoms with E-state index < -0.39 is 5.60 Å². The van der Waals surface area contributed by atoms with Crippen molar-refractivity contribution in [3.05, 3.63) is 81.5 Å². The van der Waals surface area contributed by atoms with Crippen LogP contribution in [0.2, 0.25) is 5.02 Å². The number of pyridine rings is 1. The van der Waals surface area contributed by atoms with E-state index in [1.54, 1.807) is 38.2 Å². The number of nitrogens with one attached hydrogen (secondary N) is 1. The van der Waals surface area contributed by atoms with Gasteiger partial charge in [-0.1, -0.05) is 41.9 Å². The SMILES string of the molecule is CC(C)(O)c1ccc(C(=N)c2cc(-c3ccc4c(c3)CCC(N3CCCC3CO)CC4)cnc2N)cc1Cl. The van der Waals surface area contributed by atoms with Crippen molar-refractivity contribution >= 4 is 23.1 Å². The maximum Gasteiger partial charge on any atom is 0.132 e. The highest BCUT2D eigenvalue weighted by Crippen LogP contribution is 2.33. The van der Waals surface area contributed by atoms with Gasteiger partial charge < -0.3 is 15.9 Å². The van der Waals surface area contributed by atoms with Crippen molar-refractivity contribution in [3.63, 3.8) is 0 Å². The molecule has 5 N–H and O–H groups in total. The van der Waals surface area contributed by atoms with Crippen LogP contribution in [0.15, 0.2) is 48.7 Å². The fraction of sp³-hybridized carbons (Fsp3) is 0.419. The minimum atomic E-state index is -1.07. The van der Waals surface area contributed by atoms with Crippen LogP contribution in [0.1, 0.15) is 67.3 Å². The third-order valence-electron chi connectivity index (χ3n) is 8.24. The molecule has 6 nitrogen and oxygen atoms in total. The molecule has 1 aliphatic carbocycles. The maximum absolute atomic E-state index is 10.3. The van der Waals surface area contributed by atoms with E-state index in [-0.39, 0.29) is 12.3 Å². The predicted octanol–water partition coefficient (Wildman–Crippen LogP) is 5.33. The summed E-state index contributed by atoms with van der Waals surface area (Å²) in [4.78, 5) is 6.96. The zero-order chi connectivity index (χ0) is 27.0. The molecule has 1 aromatic heterocycles. The van der Waals surface area contributed by atoms with Gasteiger partial charge in [-0.25, -0.2) is 4.98 Å². The van der Waals surface area contributed by atoms with Crippen LogP contribution < -0.4 is 5.73 Å². The molecule has 3 aromatic rings. The first-order chi connectivity index (χ1) is 18.2. The molecule has 2 aliphatic rings. The molecule has 0 radical (unpaired) electrons. The number of benzene rings is 2. The van der Waals surface area contributed by atoms with Gasteiger partial charge in [0, 0.05) is 45.6 Å². The monoisotopic (exact) mass is 532 g/mol. The Bertz CT molecular complexity index is 1350. The van der Waals surface area contributed by atoms with Gasteiger partial charge in [-0.3, -0.25) is 10.3 Å². The number of fused-ring (bicyclic) bond motifs is 1. The second-order valence-electron chi connectivity index (χ2n) is 11.2. The Morgan fingerprint density at radius 1 is 1.08 bits per heavy atom. The summed E-state index contributed by atoms with van der Waals surface area (Å²) in [6.07, 6.45) is 8.34. The molecule has 0 bridgehead atoms. The van der Waals surface area contributed by atoms with Crippen LogP contribution in [0.4, 0.5) is 5.82 Å². The van der Waals surface area contributed by atoms with E-state index in [1.807, 2.05) is 6.07 Å². The molecule has 1 fully saturated rings. The van der Waals surface area contributed by atoms with Gasteiger partial charge in [-0.2, -0.15) is 0 Å². The number of aliphatic hydroxyl groups excluding tert-OH is 1. The fourth-order valence-electron chi connectivity index (χ4n) is 6.09. The lowest BCUT2D eigenvalue weighted by Crippen LogP contribution is -2.41. The fourth-order valence-corrected chi connectivity index (χ4v) is 6.50. The second kappa shape index (κ2) is 10.8. The third kappa shape index (κ3) is 5.36. The number of likely N-dealkylation sites (tertiary alicyclic amines) is 1. The lowest BCUT2D eigenvalue weighted by Gasteiger charge is -2.31. The normalized spacial score (nSPS) is 20.2. The van der Waals surface area contributed by atoms with Gasteiger partial charge in [-0.15, -0.1) is 0 Å². The highest BCUT2D eigenvalue weighted by molar-refractivity contribution is 6.32. The van der Waals surface area contributed by atoms with Crippen molar-refractivity contribution in [2.45, 2.75) is 70.1 Å². The molecular weight excluding hydrogens is 496 g/mol. The first-order valence-corrected chi connectivity index (χ1v) is 13.9. The molecule has 7 heteroatoms. The van der Waals surface area contributed by atoms with Crippen LogP contribution in [0, 0.1) is 5.41 Å². The number of nitrogen functional groups attached to an aromatic ring is 1. The van der Waals surface area contributed by atoms with E-state index in [0.29, 0.717) is 39.6 Å².